The Balaban J connectivity index is 1.91. The summed E-state index contributed by atoms with van der Waals surface area (Å²) in [6.45, 7) is 0. The third kappa shape index (κ3) is 1.58. The molecule has 1 heteroatoms. The second-order valence-corrected chi connectivity index (χ2v) is 4.47. The molecule has 0 saturated heterocycles. The molecule has 3 rings (SSSR count). The second-order valence-electron chi connectivity index (χ2n) is 4.47. The van der Waals surface area contributed by atoms with E-state index in [4.69, 9.17) is 0 Å². The smallest absolute Gasteiger partial charge is 0.115 e. The lowest BCUT2D eigenvalue weighted by Crippen LogP contribution is -1.96. The van der Waals surface area contributed by atoms with Gasteiger partial charge in [0.25, 0.3) is 0 Å². The minimum atomic E-state index is 0.382. The first-order chi connectivity index (χ1) is 7.83. The molecule has 2 aromatic carbocycles. The molecule has 1 atom stereocenters. The first kappa shape index (κ1) is 9.46. The maximum atomic E-state index is 9.45. The molecule has 0 bridgehead atoms. The summed E-state index contributed by atoms with van der Waals surface area (Å²) in [6, 6.07) is 16.4. The Morgan fingerprint density at radius 2 is 1.62 bits per heavy atom. The number of benzene rings is 2. The van der Waals surface area contributed by atoms with Crippen LogP contribution in [0.25, 0.3) is 0 Å². The summed E-state index contributed by atoms with van der Waals surface area (Å²) in [7, 11) is 0. The number of hydrogen-bond acceptors (Lipinski definition) is 1. The highest BCUT2D eigenvalue weighted by molar-refractivity contribution is 5.41. The molecule has 0 amide bonds. The average Bonchev–Trinajstić information content (AvgIpc) is 2.73. The van der Waals surface area contributed by atoms with E-state index in [9.17, 15) is 5.11 Å². The molecule has 1 N–H and O–H groups in total. The minimum absolute atomic E-state index is 0.382. The van der Waals surface area contributed by atoms with E-state index < -0.39 is 0 Å². The summed E-state index contributed by atoms with van der Waals surface area (Å²) in [5, 5.41) is 9.45. The number of aromatic hydroxyl groups is 1. The monoisotopic (exact) mass is 210 g/mol. The van der Waals surface area contributed by atoms with Gasteiger partial charge >= 0.3 is 0 Å². The van der Waals surface area contributed by atoms with Crippen molar-refractivity contribution >= 4 is 0 Å². The lowest BCUT2D eigenvalue weighted by atomic mass is 9.96. The topological polar surface area (TPSA) is 20.2 Å². The van der Waals surface area contributed by atoms with Gasteiger partial charge in [-0.3, -0.25) is 0 Å². The summed E-state index contributed by atoms with van der Waals surface area (Å²) >= 11 is 0. The summed E-state index contributed by atoms with van der Waals surface area (Å²) in [4.78, 5) is 0. The average molecular weight is 210 g/mol. The summed E-state index contributed by atoms with van der Waals surface area (Å²) in [5.74, 6) is 0.963. The fraction of sp³-hybridized carbons (Fsp3) is 0.200. The standard InChI is InChI=1S/C15H14O/c16-15-7-6-12-8-13(9-14(12)10-15)11-4-2-1-3-5-11/h1-7,10,13,16H,8-9H2. The highest BCUT2D eigenvalue weighted by Crippen LogP contribution is 2.35. The van der Waals surface area contributed by atoms with E-state index in [2.05, 4.69) is 30.3 Å². The number of phenols is 1. The molecule has 0 saturated carbocycles. The van der Waals surface area contributed by atoms with E-state index >= 15 is 0 Å². The Morgan fingerprint density at radius 1 is 0.875 bits per heavy atom. The summed E-state index contributed by atoms with van der Waals surface area (Å²) in [5.41, 5.74) is 4.08. The molecule has 1 aliphatic rings. The van der Waals surface area contributed by atoms with Crippen LogP contribution in [-0.4, -0.2) is 5.11 Å². The molecule has 16 heavy (non-hydrogen) atoms. The molecule has 0 fully saturated rings. The fourth-order valence-corrected chi connectivity index (χ4v) is 2.57. The van der Waals surface area contributed by atoms with Crippen LogP contribution in [0.4, 0.5) is 0 Å². The first-order valence-electron chi connectivity index (χ1n) is 5.68. The molecule has 0 aliphatic heterocycles. The van der Waals surface area contributed by atoms with Crippen molar-refractivity contribution in [2.45, 2.75) is 18.8 Å². The van der Waals surface area contributed by atoms with Crippen LogP contribution < -0.4 is 0 Å². The molecule has 1 unspecified atom stereocenters. The summed E-state index contributed by atoms with van der Waals surface area (Å²) in [6.07, 6.45) is 2.15. The summed E-state index contributed by atoms with van der Waals surface area (Å²) < 4.78 is 0. The van der Waals surface area contributed by atoms with Crippen LogP contribution in [0.1, 0.15) is 22.6 Å². The van der Waals surface area contributed by atoms with Crippen molar-refractivity contribution in [3.8, 4) is 5.75 Å². The number of hydrogen-bond donors (Lipinski definition) is 1. The lowest BCUT2D eigenvalue weighted by Gasteiger charge is -2.08. The van der Waals surface area contributed by atoms with Gasteiger partial charge in [0, 0.05) is 0 Å². The van der Waals surface area contributed by atoms with Crippen molar-refractivity contribution in [3.05, 3.63) is 65.2 Å². The Bertz CT molecular complexity index is 502. The zero-order valence-corrected chi connectivity index (χ0v) is 9.06. The molecular weight excluding hydrogens is 196 g/mol. The molecule has 0 radical (unpaired) electrons. The van der Waals surface area contributed by atoms with E-state index in [0.29, 0.717) is 11.7 Å². The Labute approximate surface area is 95.4 Å². The van der Waals surface area contributed by atoms with E-state index in [1.807, 2.05) is 12.1 Å². The maximum Gasteiger partial charge on any atom is 0.115 e. The largest absolute Gasteiger partial charge is 0.508 e. The maximum absolute atomic E-state index is 9.45. The van der Waals surface area contributed by atoms with Gasteiger partial charge in [0.2, 0.25) is 0 Å². The molecule has 1 aliphatic carbocycles. The van der Waals surface area contributed by atoms with Crippen LogP contribution in [0, 0.1) is 0 Å². The van der Waals surface area contributed by atoms with Crippen LogP contribution in [-0.2, 0) is 12.8 Å². The van der Waals surface area contributed by atoms with Crippen molar-refractivity contribution in [2.24, 2.45) is 0 Å². The van der Waals surface area contributed by atoms with Crippen molar-refractivity contribution in [2.75, 3.05) is 0 Å². The molecular formula is C15H14O. The lowest BCUT2D eigenvalue weighted by molar-refractivity contribution is 0.474. The third-order valence-electron chi connectivity index (χ3n) is 3.39. The molecule has 0 heterocycles. The number of phenolic OH excluding ortho intramolecular Hbond substituents is 1. The van der Waals surface area contributed by atoms with Gasteiger partial charge in [0.15, 0.2) is 0 Å². The zero-order valence-electron chi connectivity index (χ0n) is 9.06. The van der Waals surface area contributed by atoms with E-state index in [1.54, 1.807) is 6.07 Å². The van der Waals surface area contributed by atoms with Crippen molar-refractivity contribution in [1.82, 2.24) is 0 Å². The van der Waals surface area contributed by atoms with Crippen LogP contribution in [0.2, 0.25) is 0 Å². The van der Waals surface area contributed by atoms with Crippen molar-refractivity contribution in [3.63, 3.8) is 0 Å². The van der Waals surface area contributed by atoms with Crippen molar-refractivity contribution in [1.29, 1.82) is 0 Å². The molecule has 0 aromatic heterocycles. The molecule has 0 spiro atoms. The van der Waals surface area contributed by atoms with Crippen LogP contribution in [0.3, 0.4) is 0 Å². The molecule has 1 nitrogen and oxygen atoms in total. The van der Waals surface area contributed by atoms with E-state index in [1.165, 1.54) is 16.7 Å². The van der Waals surface area contributed by atoms with E-state index in [0.717, 1.165) is 12.8 Å². The minimum Gasteiger partial charge on any atom is -0.508 e. The Morgan fingerprint density at radius 3 is 2.44 bits per heavy atom. The normalized spacial score (nSPS) is 18.4. The Hall–Kier alpha value is -1.76. The van der Waals surface area contributed by atoms with Crippen LogP contribution in [0.5, 0.6) is 5.75 Å². The van der Waals surface area contributed by atoms with Crippen LogP contribution >= 0.6 is 0 Å². The quantitative estimate of drug-likeness (QED) is 0.765. The SMILES string of the molecule is Oc1ccc2c(c1)CC(c1ccccc1)C2. The van der Waals surface area contributed by atoms with Gasteiger partial charge in [0.05, 0.1) is 0 Å². The van der Waals surface area contributed by atoms with Gasteiger partial charge in [-0.15, -0.1) is 0 Å². The van der Waals surface area contributed by atoms with Crippen LogP contribution in [0.15, 0.2) is 48.5 Å². The molecule has 2 aromatic rings. The molecule has 80 valence electrons. The van der Waals surface area contributed by atoms with Gasteiger partial charge < -0.3 is 5.11 Å². The van der Waals surface area contributed by atoms with E-state index in [-0.39, 0.29) is 0 Å². The van der Waals surface area contributed by atoms with Crippen molar-refractivity contribution < 1.29 is 5.11 Å². The predicted molar refractivity (Wildman–Crippen MR) is 64.7 cm³/mol. The van der Waals surface area contributed by atoms with Gasteiger partial charge in [-0.1, -0.05) is 36.4 Å². The zero-order chi connectivity index (χ0) is 11.0. The van der Waals surface area contributed by atoms with Gasteiger partial charge in [0.1, 0.15) is 5.75 Å². The first-order valence-corrected chi connectivity index (χ1v) is 5.68. The highest BCUT2D eigenvalue weighted by Gasteiger charge is 2.22. The number of fused-ring (bicyclic) bond motifs is 1. The highest BCUT2D eigenvalue weighted by atomic mass is 16.3. The Kier molecular flexibility index (Phi) is 2.17. The predicted octanol–water partition coefficient (Wildman–Crippen LogP) is 3.27. The van der Waals surface area contributed by atoms with Gasteiger partial charge in [-0.2, -0.15) is 0 Å². The fourth-order valence-electron chi connectivity index (χ4n) is 2.57. The second kappa shape index (κ2) is 3.67. The van der Waals surface area contributed by atoms with Gasteiger partial charge in [-0.25, -0.2) is 0 Å². The number of rotatable bonds is 1. The van der Waals surface area contributed by atoms with Gasteiger partial charge in [-0.05, 0) is 47.6 Å². The third-order valence-corrected chi connectivity index (χ3v) is 3.39.